The van der Waals surface area contributed by atoms with E-state index in [1.807, 2.05) is 36.4 Å². The number of nitrogen functional groups attached to an aromatic ring is 1. The van der Waals surface area contributed by atoms with Crippen molar-refractivity contribution < 1.29 is 19.1 Å². The van der Waals surface area contributed by atoms with Gasteiger partial charge in [0, 0.05) is 0 Å². The van der Waals surface area contributed by atoms with E-state index in [0.717, 1.165) is 0 Å². The number of halogens is 1. The Balaban J connectivity index is 2.08. The van der Waals surface area contributed by atoms with Crippen LogP contribution in [0.4, 0.5) is 5.95 Å². The monoisotopic (exact) mass is 535 g/mol. The van der Waals surface area contributed by atoms with Crippen molar-refractivity contribution in [1.82, 2.24) is 19.5 Å². The molecule has 2 aromatic rings. The predicted molar refractivity (Wildman–Crippen MR) is 115 cm³/mol. The molecule has 0 bridgehead atoms. The smallest absolute Gasteiger partial charge is 0.223 e. The molecule has 0 saturated heterocycles. The lowest BCUT2D eigenvalue weighted by atomic mass is 9.94. The highest BCUT2D eigenvalue weighted by Gasteiger charge is 2.66. The predicted octanol–water partition coefficient (Wildman–Crippen LogP) is 2.12. The first kappa shape index (κ1) is 22.9. The van der Waals surface area contributed by atoms with E-state index in [9.17, 15) is 14.4 Å². The molecule has 0 spiro atoms. The zero-order chi connectivity index (χ0) is 22.0. The van der Waals surface area contributed by atoms with Gasteiger partial charge in [0.1, 0.15) is 9.22 Å². The van der Waals surface area contributed by atoms with Crippen molar-refractivity contribution in [3.05, 3.63) is 10.0 Å². The minimum Gasteiger partial charge on any atom is -0.809 e. The molecule has 11 heteroatoms. The highest BCUT2D eigenvalue weighted by atomic mass is 127. The number of hydrogen-bond acceptors (Lipinski definition) is 8. The third-order valence-corrected chi connectivity index (χ3v) is 8.87. The summed E-state index contributed by atoms with van der Waals surface area (Å²) < 4.78 is 21.3. The van der Waals surface area contributed by atoms with E-state index >= 15 is 0 Å². The molecule has 2 aromatic heterocycles. The van der Waals surface area contributed by atoms with Gasteiger partial charge in [-0.2, -0.15) is 4.98 Å². The average molecular weight is 535 g/mol. The number of aromatic nitrogens is 4. The summed E-state index contributed by atoms with van der Waals surface area (Å²) >= 11 is 2.05. The summed E-state index contributed by atoms with van der Waals surface area (Å²) in [6, 6.07) is 0. The van der Waals surface area contributed by atoms with Gasteiger partial charge in [0.05, 0.1) is 23.8 Å². The van der Waals surface area contributed by atoms with Crippen molar-refractivity contribution >= 4 is 47.3 Å². The molecule has 1 atom stereocenters. The van der Waals surface area contributed by atoms with Gasteiger partial charge >= 0.3 is 0 Å². The van der Waals surface area contributed by atoms with Crippen LogP contribution in [0, 0.1) is 21.0 Å². The molecule has 2 heterocycles. The van der Waals surface area contributed by atoms with Crippen LogP contribution in [-0.2, 0) is 15.8 Å². The minimum absolute atomic E-state index is 0.135. The molecule has 1 fully saturated rings. The van der Waals surface area contributed by atoms with E-state index in [-0.39, 0.29) is 11.4 Å². The normalized spacial score (nSPS) is 22.0. The van der Waals surface area contributed by atoms with Crippen molar-refractivity contribution in [3.8, 4) is 0 Å². The fourth-order valence-corrected chi connectivity index (χ4v) is 6.55. The van der Waals surface area contributed by atoms with Crippen molar-refractivity contribution in [2.45, 2.75) is 65.5 Å². The molecule has 0 radical (unpaired) electrons. The van der Waals surface area contributed by atoms with Gasteiger partial charge in [-0.1, -0.05) is 41.5 Å². The maximum absolute atomic E-state index is 12.4. The summed E-state index contributed by atoms with van der Waals surface area (Å²) in [6.07, 6.45) is 2.24. The summed E-state index contributed by atoms with van der Waals surface area (Å²) in [7, 11) is -5.08. The molecule has 3 rings (SSSR count). The number of anilines is 1. The van der Waals surface area contributed by atoms with E-state index < -0.39 is 30.4 Å². The largest absolute Gasteiger partial charge is 0.809 e. The maximum Gasteiger partial charge on any atom is 0.223 e. The van der Waals surface area contributed by atoms with Crippen LogP contribution >= 0.6 is 30.2 Å². The third-order valence-electron chi connectivity index (χ3n) is 6.14. The minimum atomic E-state index is -5.08. The van der Waals surface area contributed by atoms with Crippen molar-refractivity contribution in [2.75, 3.05) is 5.73 Å². The number of fused-ring (bicyclic) bond motifs is 1. The Kier molecular flexibility index (Phi) is 5.61. The lowest BCUT2D eigenvalue weighted by Crippen LogP contribution is -2.53. The number of nitrogens with zero attached hydrogens (tertiary/aromatic N) is 4. The van der Waals surface area contributed by atoms with Gasteiger partial charge in [-0.3, -0.25) is 0 Å². The van der Waals surface area contributed by atoms with Crippen LogP contribution in [0.25, 0.3) is 11.2 Å². The molecule has 9 nitrogen and oxygen atoms in total. The molecular formula is C18H27IN5O4P-2. The molecule has 0 aromatic carbocycles. The number of hydrogen-bond donors (Lipinski definition) is 1. The SMILES string of the molecule is CC(C)C(OC1(Cn2cnc3c(I)nc(N)nc32)CC1(C)C)(C(C)C)P(=O)([O-])[O-]. The summed E-state index contributed by atoms with van der Waals surface area (Å²) in [5.74, 6) is -0.874. The van der Waals surface area contributed by atoms with Crippen LogP contribution < -0.4 is 15.5 Å². The summed E-state index contributed by atoms with van der Waals surface area (Å²) in [5.41, 5.74) is 5.81. The number of imidazole rings is 1. The fraction of sp³-hybridized carbons (Fsp3) is 0.722. The van der Waals surface area contributed by atoms with E-state index in [1.54, 1.807) is 38.6 Å². The van der Waals surface area contributed by atoms with Gasteiger partial charge in [0.2, 0.25) is 5.95 Å². The van der Waals surface area contributed by atoms with E-state index in [0.29, 0.717) is 27.8 Å². The van der Waals surface area contributed by atoms with Crippen LogP contribution in [0.5, 0.6) is 0 Å². The molecular weight excluding hydrogens is 508 g/mol. The van der Waals surface area contributed by atoms with E-state index in [2.05, 4.69) is 15.0 Å². The molecule has 0 aliphatic heterocycles. The van der Waals surface area contributed by atoms with Crippen molar-refractivity contribution in [1.29, 1.82) is 0 Å². The highest BCUT2D eigenvalue weighted by molar-refractivity contribution is 14.1. The van der Waals surface area contributed by atoms with Gasteiger partial charge in [-0.05, 0) is 53.9 Å². The second kappa shape index (κ2) is 7.12. The Morgan fingerprint density at radius 3 is 2.31 bits per heavy atom. The Labute approximate surface area is 184 Å². The summed E-state index contributed by atoms with van der Waals surface area (Å²) in [5, 5.41) is -1.81. The number of rotatable bonds is 7. The second-order valence-corrected chi connectivity index (χ2v) is 11.8. The van der Waals surface area contributed by atoms with Crippen LogP contribution in [-0.4, -0.2) is 30.5 Å². The van der Waals surface area contributed by atoms with Gasteiger partial charge in [0.25, 0.3) is 0 Å². The number of ether oxygens (including phenoxy) is 1. The Hall–Kier alpha value is -0.810. The molecule has 1 saturated carbocycles. The van der Waals surface area contributed by atoms with Crippen LogP contribution in [0.15, 0.2) is 6.33 Å². The molecule has 2 N–H and O–H groups in total. The first-order chi connectivity index (χ1) is 13.2. The van der Waals surface area contributed by atoms with E-state index in [1.165, 1.54) is 0 Å². The standard InChI is InChI=1S/C18H29IN5O4P/c1-10(2)18(11(3)4,29(25,26)27)28-17(7-16(17,5)6)8-24-9-21-12-13(19)22-15(20)23-14(12)24/h9-11H,7-8H2,1-6H3,(H2,20,22,23)(H2,25,26,27)/p-2. The third kappa shape index (κ3) is 3.60. The second-order valence-electron chi connectivity index (χ2n) is 9.13. The first-order valence-corrected chi connectivity index (χ1v) is 12.2. The average Bonchev–Trinajstić information content (AvgIpc) is 2.85. The van der Waals surface area contributed by atoms with Gasteiger partial charge in [-0.15, -0.1) is 0 Å². The number of nitrogens with two attached hydrogens (primary N) is 1. The fourth-order valence-electron chi connectivity index (χ4n) is 4.37. The summed E-state index contributed by atoms with van der Waals surface area (Å²) in [4.78, 5) is 37.7. The van der Waals surface area contributed by atoms with Gasteiger partial charge in [0.15, 0.2) is 5.65 Å². The topological polar surface area (TPSA) is 142 Å². The molecule has 162 valence electrons. The molecule has 29 heavy (non-hydrogen) atoms. The molecule has 1 aliphatic carbocycles. The zero-order valence-corrected chi connectivity index (χ0v) is 20.5. The summed E-state index contributed by atoms with van der Waals surface area (Å²) in [6.45, 7) is 11.2. The van der Waals surface area contributed by atoms with E-state index in [4.69, 9.17) is 10.5 Å². The van der Waals surface area contributed by atoms with Crippen LogP contribution in [0.2, 0.25) is 0 Å². The Morgan fingerprint density at radius 1 is 1.31 bits per heavy atom. The van der Waals surface area contributed by atoms with Crippen LogP contribution in [0.1, 0.15) is 48.0 Å². The van der Waals surface area contributed by atoms with Crippen LogP contribution in [0.3, 0.4) is 0 Å². The van der Waals surface area contributed by atoms with Gasteiger partial charge < -0.3 is 29.4 Å². The highest BCUT2D eigenvalue weighted by Crippen LogP contribution is 2.66. The molecule has 1 unspecified atom stereocenters. The quantitative estimate of drug-likeness (QED) is 0.323. The Morgan fingerprint density at radius 2 is 1.86 bits per heavy atom. The van der Waals surface area contributed by atoms with Gasteiger partial charge in [-0.25, -0.2) is 9.97 Å². The van der Waals surface area contributed by atoms with Crippen molar-refractivity contribution in [3.63, 3.8) is 0 Å². The Bertz CT molecular complexity index is 978. The zero-order valence-electron chi connectivity index (χ0n) is 17.5. The lowest BCUT2D eigenvalue weighted by Gasteiger charge is -2.56. The molecule has 1 aliphatic rings. The maximum atomic E-state index is 12.4. The first-order valence-electron chi connectivity index (χ1n) is 9.53. The lowest BCUT2D eigenvalue weighted by molar-refractivity contribution is -0.342. The van der Waals surface area contributed by atoms with Crippen molar-refractivity contribution in [2.24, 2.45) is 17.3 Å². The molecule has 0 amide bonds.